The van der Waals surface area contributed by atoms with Crippen molar-refractivity contribution in [2.24, 2.45) is 0 Å². The van der Waals surface area contributed by atoms with Crippen LogP contribution in [0.5, 0.6) is 0 Å². The van der Waals surface area contributed by atoms with E-state index in [0.29, 0.717) is 0 Å². The van der Waals surface area contributed by atoms with Crippen molar-refractivity contribution in [3.05, 3.63) is 54.7 Å². The summed E-state index contributed by atoms with van der Waals surface area (Å²) in [4.78, 5) is 11.4. The van der Waals surface area contributed by atoms with Crippen LogP contribution in [0.2, 0.25) is 0 Å². The second kappa shape index (κ2) is 6.69. The summed E-state index contributed by atoms with van der Waals surface area (Å²) in [7, 11) is 0. The van der Waals surface area contributed by atoms with Gasteiger partial charge in [-0.2, -0.15) is 0 Å². The molecule has 1 aliphatic rings. The average molecular weight is 334 g/mol. The zero-order chi connectivity index (χ0) is 17.2. The molecule has 1 aromatic heterocycles. The number of ether oxygens (including phenoxy) is 1. The monoisotopic (exact) mass is 334 g/mol. The van der Waals surface area contributed by atoms with Crippen molar-refractivity contribution in [1.29, 1.82) is 0 Å². The van der Waals surface area contributed by atoms with E-state index in [1.165, 1.54) is 5.69 Å². The second-order valence-electron chi connectivity index (χ2n) is 6.58. The summed E-state index contributed by atoms with van der Waals surface area (Å²) in [5, 5.41) is 3.33. The Kier molecular flexibility index (Phi) is 4.24. The molecule has 0 spiro atoms. The predicted octanol–water partition coefficient (Wildman–Crippen LogP) is 3.99. The van der Waals surface area contributed by atoms with Crippen molar-refractivity contribution in [3.8, 4) is 0 Å². The fourth-order valence-corrected chi connectivity index (χ4v) is 3.31. The highest BCUT2D eigenvalue weighted by atomic mass is 16.5. The van der Waals surface area contributed by atoms with E-state index in [1.54, 1.807) is 6.20 Å². The van der Waals surface area contributed by atoms with Gasteiger partial charge in [0.1, 0.15) is 5.82 Å². The van der Waals surface area contributed by atoms with Crippen LogP contribution < -0.4 is 10.2 Å². The maximum Gasteiger partial charge on any atom is 0.149 e. The van der Waals surface area contributed by atoms with Gasteiger partial charge in [0.05, 0.1) is 29.4 Å². The summed E-state index contributed by atoms with van der Waals surface area (Å²) >= 11 is 0. The number of anilines is 3. The van der Waals surface area contributed by atoms with Crippen molar-refractivity contribution < 1.29 is 4.74 Å². The standard InChI is InChI=1S/C20H22N4O/c1-14-12-24(13-15(2)25-14)17-9-7-16(8-10-17)22-20-11-21-18-5-3-4-6-19(18)23-20/h3-11,14-15H,12-13H2,1-2H3,(H,22,23). The third-order valence-corrected chi connectivity index (χ3v) is 4.37. The third kappa shape index (κ3) is 3.56. The molecule has 4 rings (SSSR count). The van der Waals surface area contributed by atoms with E-state index in [4.69, 9.17) is 4.74 Å². The topological polar surface area (TPSA) is 50.3 Å². The first kappa shape index (κ1) is 15.8. The Hall–Kier alpha value is -2.66. The molecule has 2 unspecified atom stereocenters. The summed E-state index contributed by atoms with van der Waals surface area (Å²) in [6, 6.07) is 16.3. The maximum absolute atomic E-state index is 5.81. The highest BCUT2D eigenvalue weighted by Gasteiger charge is 2.22. The molecule has 2 aromatic carbocycles. The molecule has 3 aromatic rings. The number of hydrogen-bond acceptors (Lipinski definition) is 5. The van der Waals surface area contributed by atoms with Gasteiger partial charge in [0, 0.05) is 24.5 Å². The van der Waals surface area contributed by atoms with Crippen molar-refractivity contribution in [1.82, 2.24) is 9.97 Å². The van der Waals surface area contributed by atoms with Gasteiger partial charge in [-0.25, -0.2) is 4.98 Å². The Morgan fingerprint density at radius 3 is 2.36 bits per heavy atom. The number of fused-ring (bicyclic) bond motifs is 1. The van der Waals surface area contributed by atoms with E-state index < -0.39 is 0 Å². The number of aromatic nitrogens is 2. The van der Waals surface area contributed by atoms with Gasteiger partial charge in [-0.15, -0.1) is 0 Å². The van der Waals surface area contributed by atoms with Gasteiger partial charge in [0.15, 0.2) is 0 Å². The van der Waals surface area contributed by atoms with Gasteiger partial charge in [0.25, 0.3) is 0 Å². The molecule has 0 amide bonds. The molecule has 0 radical (unpaired) electrons. The maximum atomic E-state index is 5.81. The van der Waals surface area contributed by atoms with Crippen LogP contribution in [0, 0.1) is 0 Å². The van der Waals surface area contributed by atoms with E-state index in [0.717, 1.165) is 35.6 Å². The Morgan fingerprint density at radius 2 is 1.64 bits per heavy atom. The van der Waals surface area contributed by atoms with Crippen LogP contribution in [0.1, 0.15) is 13.8 Å². The SMILES string of the molecule is CC1CN(c2ccc(Nc3cnc4ccccc4n3)cc2)CC(C)O1. The zero-order valence-electron chi connectivity index (χ0n) is 14.5. The molecule has 0 bridgehead atoms. The van der Waals surface area contributed by atoms with Crippen LogP contribution in [0.3, 0.4) is 0 Å². The molecule has 128 valence electrons. The van der Waals surface area contributed by atoms with Crippen LogP contribution >= 0.6 is 0 Å². The molecule has 25 heavy (non-hydrogen) atoms. The minimum Gasteiger partial charge on any atom is -0.372 e. The van der Waals surface area contributed by atoms with E-state index in [2.05, 4.69) is 58.3 Å². The van der Waals surface area contributed by atoms with Gasteiger partial charge < -0.3 is 15.0 Å². The lowest BCUT2D eigenvalue weighted by atomic mass is 10.2. The van der Waals surface area contributed by atoms with E-state index in [-0.39, 0.29) is 12.2 Å². The smallest absolute Gasteiger partial charge is 0.149 e. The van der Waals surface area contributed by atoms with E-state index in [1.807, 2.05) is 24.3 Å². The lowest BCUT2D eigenvalue weighted by Gasteiger charge is -2.36. The van der Waals surface area contributed by atoms with Gasteiger partial charge in [-0.05, 0) is 50.2 Å². The number of hydrogen-bond donors (Lipinski definition) is 1. The van der Waals surface area contributed by atoms with Crippen molar-refractivity contribution in [3.63, 3.8) is 0 Å². The molecule has 1 fully saturated rings. The molecule has 1 N–H and O–H groups in total. The summed E-state index contributed by atoms with van der Waals surface area (Å²) in [6.45, 7) is 6.09. The number of nitrogens with zero attached hydrogens (tertiary/aromatic N) is 3. The average Bonchev–Trinajstić information content (AvgIpc) is 2.61. The summed E-state index contributed by atoms with van der Waals surface area (Å²) in [5.41, 5.74) is 4.01. The van der Waals surface area contributed by atoms with Crippen LogP contribution in [-0.4, -0.2) is 35.3 Å². The Bertz CT molecular complexity index is 855. The third-order valence-electron chi connectivity index (χ3n) is 4.37. The van der Waals surface area contributed by atoms with Crippen LogP contribution in [-0.2, 0) is 4.74 Å². The number of para-hydroxylation sites is 2. The minimum absolute atomic E-state index is 0.259. The quantitative estimate of drug-likeness (QED) is 0.785. The van der Waals surface area contributed by atoms with Gasteiger partial charge >= 0.3 is 0 Å². The molecule has 1 aliphatic heterocycles. The van der Waals surface area contributed by atoms with Gasteiger partial charge in [0.2, 0.25) is 0 Å². The lowest BCUT2D eigenvalue weighted by molar-refractivity contribution is -0.00521. The summed E-state index contributed by atoms with van der Waals surface area (Å²) in [6.07, 6.45) is 2.28. The molecule has 0 saturated carbocycles. The first-order chi connectivity index (χ1) is 12.2. The predicted molar refractivity (Wildman–Crippen MR) is 101 cm³/mol. The highest BCUT2D eigenvalue weighted by Crippen LogP contribution is 2.24. The fraction of sp³-hybridized carbons (Fsp3) is 0.300. The number of benzene rings is 2. The Balaban J connectivity index is 1.49. The Morgan fingerprint density at radius 1 is 0.960 bits per heavy atom. The molecule has 2 heterocycles. The molecule has 0 aliphatic carbocycles. The van der Waals surface area contributed by atoms with Crippen molar-refractivity contribution >= 4 is 28.2 Å². The van der Waals surface area contributed by atoms with E-state index in [9.17, 15) is 0 Å². The van der Waals surface area contributed by atoms with Crippen LogP contribution in [0.4, 0.5) is 17.2 Å². The first-order valence-corrected chi connectivity index (χ1v) is 8.67. The molecule has 5 nitrogen and oxygen atoms in total. The molecular formula is C20H22N4O. The largest absolute Gasteiger partial charge is 0.372 e. The number of rotatable bonds is 3. The lowest BCUT2D eigenvalue weighted by Crippen LogP contribution is -2.45. The molecular weight excluding hydrogens is 312 g/mol. The van der Waals surface area contributed by atoms with Crippen LogP contribution in [0.15, 0.2) is 54.7 Å². The highest BCUT2D eigenvalue weighted by molar-refractivity contribution is 5.76. The van der Waals surface area contributed by atoms with Crippen molar-refractivity contribution in [2.45, 2.75) is 26.1 Å². The first-order valence-electron chi connectivity index (χ1n) is 8.67. The zero-order valence-corrected chi connectivity index (χ0v) is 14.5. The van der Waals surface area contributed by atoms with Crippen molar-refractivity contribution in [2.75, 3.05) is 23.3 Å². The molecule has 5 heteroatoms. The molecule has 2 atom stereocenters. The normalized spacial score (nSPS) is 20.6. The number of morpholine rings is 1. The summed E-state index contributed by atoms with van der Waals surface area (Å²) in [5.74, 6) is 0.750. The second-order valence-corrected chi connectivity index (χ2v) is 6.58. The van der Waals surface area contributed by atoms with Crippen LogP contribution in [0.25, 0.3) is 11.0 Å². The van der Waals surface area contributed by atoms with E-state index >= 15 is 0 Å². The minimum atomic E-state index is 0.259. The Labute approximate surface area is 147 Å². The summed E-state index contributed by atoms with van der Waals surface area (Å²) < 4.78 is 5.81. The van der Waals surface area contributed by atoms with Gasteiger partial charge in [-0.1, -0.05) is 12.1 Å². The number of nitrogens with one attached hydrogen (secondary N) is 1. The fourth-order valence-electron chi connectivity index (χ4n) is 3.31. The van der Waals surface area contributed by atoms with Gasteiger partial charge in [-0.3, -0.25) is 4.98 Å². The molecule has 1 saturated heterocycles.